The van der Waals surface area contributed by atoms with E-state index in [0.717, 1.165) is 12.1 Å². The van der Waals surface area contributed by atoms with Gasteiger partial charge in [-0.05, 0) is 30.7 Å². The molecule has 3 N–H and O–H groups in total. The maximum absolute atomic E-state index is 12.4. The quantitative estimate of drug-likeness (QED) is 0.795. The van der Waals surface area contributed by atoms with Gasteiger partial charge in [0.25, 0.3) is 0 Å². The van der Waals surface area contributed by atoms with Gasteiger partial charge >= 0.3 is 0 Å². The van der Waals surface area contributed by atoms with Crippen molar-refractivity contribution in [2.24, 2.45) is 17.6 Å². The molecule has 4 heteroatoms. The van der Waals surface area contributed by atoms with Gasteiger partial charge in [0.1, 0.15) is 0 Å². The van der Waals surface area contributed by atoms with Gasteiger partial charge in [-0.2, -0.15) is 0 Å². The summed E-state index contributed by atoms with van der Waals surface area (Å²) in [6, 6.07) is 9.89. The van der Waals surface area contributed by atoms with Crippen LogP contribution in [0.4, 0.5) is 0 Å². The zero-order chi connectivity index (χ0) is 15.1. The van der Waals surface area contributed by atoms with Crippen LogP contribution in [0, 0.1) is 11.8 Å². The van der Waals surface area contributed by atoms with Gasteiger partial charge < -0.3 is 11.1 Å². The van der Waals surface area contributed by atoms with Crippen molar-refractivity contribution in [2.75, 3.05) is 6.54 Å². The standard InChI is InChI=1S/C17H24N2OS/c18-16(21)15(11-13-7-3-1-4-8-13)17(20)19-12-14-9-5-2-6-10-14/h1,3-4,7-8,14-15H,2,5-6,9-12H2,(H2,18,21)(H,19,20). The second kappa shape index (κ2) is 8.13. The molecule has 0 bridgehead atoms. The van der Waals surface area contributed by atoms with Gasteiger partial charge in [-0.25, -0.2) is 0 Å². The molecule has 114 valence electrons. The first-order valence-electron chi connectivity index (χ1n) is 7.78. The molecular formula is C17H24N2OS. The van der Waals surface area contributed by atoms with E-state index < -0.39 is 5.92 Å². The van der Waals surface area contributed by atoms with Gasteiger partial charge in [0.2, 0.25) is 5.91 Å². The van der Waals surface area contributed by atoms with Gasteiger partial charge in [0.05, 0.1) is 10.9 Å². The van der Waals surface area contributed by atoms with Crippen LogP contribution in [-0.2, 0) is 11.2 Å². The molecule has 3 nitrogen and oxygen atoms in total. The summed E-state index contributed by atoms with van der Waals surface area (Å²) >= 11 is 5.08. The summed E-state index contributed by atoms with van der Waals surface area (Å²) in [4.78, 5) is 12.6. The predicted molar refractivity (Wildman–Crippen MR) is 90.0 cm³/mol. The fraction of sp³-hybridized carbons (Fsp3) is 0.529. The summed E-state index contributed by atoms with van der Waals surface area (Å²) in [5.41, 5.74) is 6.85. The lowest BCUT2D eigenvalue weighted by molar-refractivity contribution is -0.123. The summed E-state index contributed by atoms with van der Waals surface area (Å²) < 4.78 is 0. The van der Waals surface area contributed by atoms with Crippen LogP contribution in [0.1, 0.15) is 37.7 Å². The van der Waals surface area contributed by atoms with E-state index in [2.05, 4.69) is 5.32 Å². The zero-order valence-electron chi connectivity index (χ0n) is 12.4. The van der Waals surface area contributed by atoms with E-state index in [9.17, 15) is 4.79 Å². The molecule has 1 aliphatic carbocycles. The van der Waals surface area contributed by atoms with E-state index in [1.807, 2.05) is 30.3 Å². The number of nitrogens with two attached hydrogens (primary N) is 1. The van der Waals surface area contributed by atoms with Gasteiger partial charge in [0, 0.05) is 6.54 Å². The molecule has 1 saturated carbocycles. The topological polar surface area (TPSA) is 55.1 Å². The van der Waals surface area contributed by atoms with Crippen molar-refractivity contribution >= 4 is 23.1 Å². The van der Waals surface area contributed by atoms with Crippen molar-refractivity contribution in [1.29, 1.82) is 0 Å². The summed E-state index contributed by atoms with van der Waals surface area (Å²) in [6.07, 6.45) is 6.90. The molecule has 2 rings (SSSR count). The van der Waals surface area contributed by atoms with E-state index >= 15 is 0 Å². The highest BCUT2D eigenvalue weighted by Gasteiger charge is 2.23. The summed E-state index contributed by atoms with van der Waals surface area (Å²) in [5.74, 6) is 0.175. The molecular weight excluding hydrogens is 280 g/mol. The normalized spacial score (nSPS) is 17.1. The minimum atomic E-state index is -0.411. The molecule has 1 aliphatic rings. The Hall–Kier alpha value is -1.42. The van der Waals surface area contributed by atoms with E-state index in [1.54, 1.807) is 0 Å². The first-order chi connectivity index (χ1) is 10.2. The summed E-state index contributed by atoms with van der Waals surface area (Å²) in [5, 5.41) is 3.05. The lowest BCUT2D eigenvalue weighted by Crippen LogP contribution is -2.41. The van der Waals surface area contributed by atoms with Crippen molar-refractivity contribution in [3.05, 3.63) is 35.9 Å². The number of benzene rings is 1. The van der Waals surface area contributed by atoms with Crippen LogP contribution in [0.15, 0.2) is 30.3 Å². The third-order valence-electron chi connectivity index (χ3n) is 4.23. The van der Waals surface area contributed by atoms with Gasteiger partial charge in [-0.15, -0.1) is 0 Å². The first kappa shape index (κ1) is 16.0. The SMILES string of the molecule is NC(=S)C(Cc1ccccc1)C(=O)NCC1CCCCC1. The highest BCUT2D eigenvalue weighted by molar-refractivity contribution is 7.80. The van der Waals surface area contributed by atoms with Crippen molar-refractivity contribution in [3.8, 4) is 0 Å². The monoisotopic (exact) mass is 304 g/mol. The number of hydrogen-bond donors (Lipinski definition) is 2. The van der Waals surface area contributed by atoms with Crippen LogP contribution >= 0.6 is 12.2 Å². The molecule has 21 heavy (non-hydrogen) atoms. The lowest BCUT2D eigenvalue weighted by atomic mass is 9.89. The number of amides is 1. The number of thiocarbonyl (C=S) groups is 1. The lowest BCUT2D eigenvalue weighted by Gasteiger charge is -2.23. The smallest absolute Gasteiger partial charge is 0.230 e. The minimum Gasteiger partial charge on any atom is -0.393 e. The molecule has 1 fully saturated rings. The Morgan fingerprint density at radius 2 is 1.90 bits per heavy atom. The van der Waals surface area contributed by atoms with Gasteiger partial charge in [0.15, 0.2) is 0 Å². The second-order valence-corrected chi connectivity index (χ2v) is 6.37. The third-order valence-corrected chi connectivity index (χ3v) is 4.52. The van der Waals surface area contributed by atoms with E-state index in [0.29, 0.717) is 12.3 Å². The van der Waals surface area contributed by atoms with Crippen molar-refractivity contribution in [1.82, 2.24) is 5.32 Å². The Kier molecular flexibility index (Phi) is 6.18. The third kappa shape index (κ3) is 5.12. The largest absolute Gasteiger partial charge is 0.393 e. The average molecular weight is 304 g/mol. The molecule has 0 saturated heterocycles. The highest BCUT2D eigenvalue weighted by Crippen LogP contribution is 2.23. The van der Waals surface area contributed by atoms with Gasteiger partial charge in [-0.1, -0.05) is 61.8 Å². The summed E-state index contributed by atoms with van der Waals surface area (Å²) in [6.45, 7) is 0.757. The van der Waals surface area contributed by atoms with Crippen molar-refractivity contribution < 1.29 is 4.79 Å². The molecule has 0 heterocycles. The maximum atomic E-state index is 12.4. The Balaban J connectivity index is 1.88. The molecule has 0 aliphatic heterocycles. The molecule has 0 aromatic heterocycles. The van der Waals surface area contributed by atoms with E-state index in [-0.39, 0.29) is 10.9 Å². The Morgan fingerprint density at radius 1 is 1.24 bits per heavy atom. The molecule has 1 aromatic carbocycles. The second-order valence-electron chi connectivity index (χ2n) is 5.89. The predicted octanol–water partition coefficient (Wildman–Crippen LogP) is 2.83. The Bertz CT molecular complexity index is 469. The highest BCUT2D eigenvalue weighted by atomic mass is 32.1. The van der Waals surface area contributed by atoms with Crippen LogP contribution in [-0.4, -0.2) is 17.4 Å². The minimum absolute atomic E-state index is 0.0306. The van der Waals surface area contributed by atoms with Crippen LogP contribution in [0.3, 0.4) is 0 Å². The number of hydrogen-bond acceptors (Lipinski definition) is 2. The number of rotatable bonds is 6. The van der Waals surface area contributed by atoms with Crippen LogP contribution in [0.5, 0.6) is 0 Å². The zero-order valence-corrected chi connectivity index (χ0v) is 13.2. The van der Waals surface area contributed by atoms with E-state index in [1.165, 1.54) is 32.1 Å². The Morgan fingerprint density at radius 3 is 2.52 bits per heavy atom. The molecule has 0 radical (unpaired) electrons. The van der Waals surface area contributed by atoms with Crippen molar-refractivity contribution in [3.63, 3.8) is 0 Å². The maximum Gasteiger partial charge on any atom is 0.230 e. The average Bonchev–Trinajstić information content (AvgIpc) is 2.52. The van der Waals surface area contributed by atoms with Crippen LogP contribution in [0.2, 0.25) is 0 Å². The van der Waals surface area contributed by atoms with Crippen molar-refractivity contribution in [2.45, 2.75) is 38.5 Å². The number of carbonyl (C=O) groups excluding carboxylic acids is 1. The molecule has 0 spiro atoms. The molecule has 1 unspecified atom stereocenters. The fourth-order valence-electron chi connectivity index (χ4n) is 2.93. The first-order valence-corrected chi connectivity index (χ1v) is 8.18. The van der Waals surface area contributed by atoms with E-state index in [4.69, 9.17) is 18.0 Å². The molecule has 1 amide bonds. The number of nitrogens with one attached hydrogen (secondary N) is 1. The molecule has 1 atom stereocenters. The van der Waals surface area contributed by atoms with Crippen LogP contribution < -0.4 is 11.1 Å². The Labute approximate surface area is 132 Å². The van der Waals surface area contributed by atoms with Crippen LogP contribution in [0.25, 0.3) is 0 Å². The molecule has 1 aromatic rings. The fourth-order valence-corrected chi connectivity index (χ4v) is 3.12. The summed E-state index contributed by atoms with van der Waals surface area (Å²) in [7, 11) is 0. The van der Waals surface area contributed by atoms with Gasteiger partial charge in [-0.3, -0.25) is 4.79 Å². The number of carbonyl (C=O) groups is 1.